The van der Waals surface area contributed by atoms with Crippen molar-refractivity contribution in [3.8, 4) is 0 Å². The summed E-state index contributed by atoms with van der Waals surface area (Å²) < 4.78 is 0. The van der Waals surface area contributed by atoms with Gasteiger partial charge in [0.1, 0.15) is 0 Å². The molecule has 2 aromatic carbocycles. The molecule has 0 spiro atoms. The highest BCUT2D eigenvalue weighted by Crippen LogP contribution is 2.52. The van der Waals surface area contributed by atoms with Gasteiger partial charge in [-0.15, -0.1) is 0 Å². The van der Waals surface area contributed by atoms with E-state index in [9.17, 15) is 0 Å². The minimum Gasteiger partial charge on any atom is -0.354 e. The van der Waals surface area contributed by atoms with Crippen LogP contribution in [0.2, 0.25) is 0 Å². The summed E-state index contributed by atoms with van der Waals surface area (Å²) in [6, 6.07) is 0. The summed E-state index contributed by atoms with van der Waals surface area (Å²) in [5, 5.41) is 3.87. The second-order valence-electron chi connectivity index (χ2n) is 9.79. The highest BCUT2D eigenvalue weighted by atomic mass is 14.9. The molecule has 0 bridgehead atoms. The van der Waals surface area contributed by atoms with Crippen molar-refractivity contribution in [1.82, 2.24) is 0 Å². The van der Waals surface area contributed by atoms with Gasteiger partial charge in [0.2, 0.25) is 0 Å². The molecular weight excluding hydrogens is 506 g/mol. The van der Waals surface area contributed by atoms with Crippen LogP contribution in [0.5, 0.6) is 0 Å². The van der Waals surface area contributed by atoms with Crippen LogP contribution >= 0.6 is 0 Å². The maximum absolute atomic E-state index is 4.62. The van der Waals surface area contributed by atoms with Crippen molar-refractivity contribution in [3.63, 3.8) is 0 Å². The lowest BCUT2D eigenvalue weighted by Gasteiger charge is -2.31. The van der Waals surface area contributed by atoms with E-state index in [4.69, 9.17) is 0 Å². The second kappa shape index (κ2) is 18.7. The largest absolute Gasteiger partial charge is 0.354 e. The van der Waals surface area contributed by atoms with E-state index >= 15 is 0 Å². The number of benzene rings is 2. The number of hydrogen-bond donors (Lipinski definition) is 1. The van der Waals surface area contributed by atoms with Gasteiger partial charge >= 0.3 is 0 Å². The van der Waals surface area contributed by atoms with E-state index in [-0.39, 0.29) is 0 Å². The number of rotatable bonds is 1. The molecule has 2 aliphatic rings. The van der Waals surface area contributed by atoms with Gasteiger partial charge in [0.15, 0.2) is 0 Å². The fourth-order valence-corrected chi connectivity index (χ4v) is 6.02. The third-order valence-corrected chi connectivity index (χ3v) is 8.53. The van der Waals surface area contributed by atoms with E-state index in [0.29, 0.717) is 0 Å². The first-order chi connectivity index (χ1) is 19.9. The molecular formula is C41H67N. The van der Waals surface area contributed by atoms with Crippen LogP contribution in [0.15, 0.2) is 30.0 Å². The lowest BCUT2D eigenvalue weighted by Crippen LogP contribution is -2.16. The van der Waals surface area contributed by atoms with E-state index in [1.165, 1.54) is 89.3 Å². The summed E-state index contributed by atoms with van der Waals surface area (Å²) in [5.74, 6) is 0. The van der Waals surface area contributed by atoms with E-state index in [1.807, 2.05) is 69.2 Å². The van der Waals surface area contributed by atoms with Crippen molar-refractivity contribution in [2.75, 3.05) is 5.32 Å². The molecule has 1 heteroatoms. The highest BCUT2D eigenvalue weighted by Gasteiger charge is 2.34. The van der Waals surface area contributed by atoms with Crippen LogP contribution in [-0.4, -0.2) is 0 Å². The summed E-state index contributed by atoms with van der Waals surface area (Å²) >= 11 is 0. The van der Waals surface area contributed by atoms with Gasteiger partial charge in [-0.05, 0) is 147 Å². The maximum atomic E-state index is 4.62. The quantitative estimate of drug-likeness (QED) is 0.358. The van der Waals surface area contributed by atoms with E-state index in [1.54, 1.807) is 0 Å². The first-order valence-electron chi connectivity index (χ1n) is 16.8. The van der Waals surface area contributed by atoms with Crippen molar-refractivity contribution in [1.29, 1.82) is 0 Å². The zero-order valence-corrected chi connectivity index (χ0v) is 31.6. The van der Waals surface area contributed by atoms with E-state index in [2.05, 4.69) is 87.7 Å². The topological polar surface area (TPSA) is 12.0 Å². The van der Waals surface area contributed by atoms with Gasteiger partial charge in [-0.3, -0.25) is 0 Å². The molecule has 236 valence electrons. The molecule has 1 N–H and O–H groups in total. The Hall–Kier alpha value is -2.80. The molecule has 0 saturated carbocycles. The minimum absolute atomic E-state index is 1.04. The zero-order chi connectivity index (χ0) is 33.8. The summed E-state index contributed by atoms with van der Waals surface area (Å²) in [6.45, 7) is 51.7. The number of hydrogen-bond acceptors (Lipinski definition) is 1. The van der Waals surface area contributed by atoms with Gasteiger partial charge in [-0.2, -0.15) is 0 Å². The molecule has 1 aliphatic heterocycles. The van der Waals surface area contributed by atoms with E-state index in [0.717, 1.165) is 17.6 Å². The summed E-state index contributed by atoms with van der Waals surface area (Å²) in [7, 11) is 0. The molecule has 4 rings (SSSR count). The van der Waals surface area contributed by atoms with Crippen LogP contribution in [0.25, 0.3) is 16.7 Å². The standard InChI is InChI=1S/C31H37N.5C2H6/c1-13-25-16(4)18(6)26-23(11)29(24(12)27(26)22(25)10)31-21(9)19(7)28-17(5)14(2)15(3)20(8)30(28)32-31;5*1-2/h32H,11-13H2,1-10H3;5*1-2H3/b31-29+;;;;;. The fourth-order valence-electron chi connectivity index (χ4n) is 6.02. The molecule has 0 radical (unpaired) electrons. The second-order valence-corrected chi connectivity index (χ2v) is 9.79. The highest BCUT2D eigenvalue weighted by molar-refractivity contribution is 6.11. The van der Waals surface area contributed by atoms with Crippen LogP contribution in [0.3, 0.4) is 0 Å². The average molecular weight is 574 g/mol. The third kappa shape index (κ3) is 7.04. The molecule has 42 heavy (non-hydrogen) atoms. The number of anilines is 1. The monoisotopic (exact) mass is 574 g/mol. The molecule has 0 atom stereocenters. The zero-order valence-electron chi connectivity index (χ0n) is 31.6. The van der Waals surface area contributed by atoms with E-state index < -0.39 is 0 Å². The van der Waals surface area contributed by atoms with Gasteiger partial charge in [0, 0.05) is 16.8 Å². The molecule has 1 nitrogen and oxygen atoms in total. The fraction of sp³-hybridized carbons (Fsp3) is 0.512. The predicted molar refractivity (Wildman–Crippen MR) is 199 cm³/mol. The number of fused-ring (bicyclic) bond motifs is 2. The first-order valence-corrected chi connectivity index (χ1v) is 16.8. The van der Waals surface area contributed by atoms with Crippen LogP contribution in [0.1, 0.15) is 151 Å². The predicted octanol–water partition coefficient (Wildman–Crippen LogP) is 13.8. The van der Waals surface area contributed by atoms with Crippen molar-refractivity contribution in [2.24, 2.45) is 0 Å². The SMILES string of the molecule is C=C1/C(=C2\Nc3c(C)c(C)c(C)c(C)c3C(C)=C2C)C(=C)c2c(C)c(CC)c(C)c(C)c21.CC.CC.CC.CC.CC. The van der Waals surface area contributed by atoms with Crippen LogP contribution in [0, 0.1) is 48.5 Å². The van der Waals surface area contributed by atoms with Crippen molar-refractivity contribution in [2.45, 2.75) is 145 Å². The van der Waals surface area contributed by atoms with Gasteiger partial charge < -0.3 is 5.32 Å². The van der Waals surface area contributed by atoms with Gasteiger partial charge in [0.05, 0.1) is 5.70 Å². The Kier molecular flexibility index (Phi) is 18.4. The lowest BCUT2D eigenvalue weighted by molar-refractivity contribution is 1.06. The molecule has 2 aromatic rings. The summed E-state index contributed by atoms with van der Waals surface area (Å²) in [4.78, 5) is 0. The molecule has 1 aliphatic carbocycles. The molecule has 0 unspecified atom stereocenters. The van der Waals surface area contributed by atoms with Crippen LogP contribution in [0.4, 0.5) is 5.69 Å². The van der Waals surface area contributed by atoms with Gasteiger partial charge in [-0.1, -0.05) is 89.3 Å². The molecule has 0 fully saturated rings. The summed E-state index contributed by atoms with van der Waals surface area (Å²) in [5.41, 5.74) is 23.4. The maximum Gasteiger partial charge on any atom is 0.0502 e. The normalized spacial score (nSPS) is 14.2. The minimum atomic E-state index is 1.04. The molecule has 0 saturated heterocycles. The molecule has 1 heterocycles. The van der Waals surface area contributed by atoms with Gasteiger partial charge in [0.25, 0.3) is 0 Å². The van der Waals surface area contributed by atoms with Gasteiger partial charge in [-0.25, -0.2) is 0 Å². The summed E-state index contributed by atoms with van der Waals surface area (Å²) in [6.07, 6.45) is 1.04. The van der Waals surface area contributed by atoms with Crippen molar-refractivity contribution in [3.05, 3.63) is 91.2 Å². The smallest absolute Gasteiger partial charge is 0.0502 e. The van der Waals surface area contributed by atoms with Crippen LogP contribution < -0.4 is 5.32 Å². The molecule has 0 amide bonds. The Morgan fingerprint density at radius 3 is 1.26 bits per heavy atom. The number of allylic oxidation sites excluding steroid dienone is 5. The number of nitrogens with one attached hydrogen (secondary N) is 1. The Morgan fingerprint density at radius 2 is 0.833 bits per heavy atom. The van der Waals surface area contributed by atoms with Crippen molar-refractivity contribution < 1.29 is 0 Å². The Morgan fingerprint density at radius 1 is 0.452 bits per heavy atom. The van der Waals surface area contributed by atoms with Crippen molar-refractivity contribution >= 4 is 22.4 Å². The lowest BCUT2D eigenvalue weighted by atomic mass is 9.83. The average Bonchev–Trinajstić information content (AvgIpc) is 3.30. The Labute approximate surface area is 263 Å². The van der Waals surface area contributed by atoms with Crippen LogP contribution in [-0.2, 0) is 6.42 Å². The Balaban J connectivity index is 0. The first kappa shape index (κ1) is 41.3. The Bertz CT molecular complexity index is 1320. The molecule has 0 aromatic heterocycles. The third-order valence-electron chi connectivity index (χ3n) is 8.53.